The van der Waals surface area contributed by atoms with Crippen LogP contribution in [0.15, 0.2) is 22.8 Å². The van der Waals surface area contributed by atoms with Gasteiger partial charge in [0.25, 0.3) is 0 Å². The summed E-state index contributed by atoms with van der Waals surface area (Å²) in [7, 11) is 0. The van der Waals surface area contributed by atoms with Crippen molar-refractivity contribution in [2.24, 2.45) is 5.92 Å². The maximum absolute atomic E-state index is 11.8. The van der Waals surface area contributed by atoms with E-state index in [2.05, 4.69) is 25.8 Å². The molecule has 104 valence electrons. The Hall–Kier alpha value is -0.940. The van der Waals surface area contributed by atoms with Gasteiger partial charge in [-0.15, -0.1) is 0 Å². The summed E-state index contributed by atoms with van der Waals surface area (Å²) < 4.78 is 6.40. The van der Waals surface area contributed by atoms with Crippen LogP contribution in [0.2, 0.25) is 0 Å². The third kappa shape index (κ3) is 4.28. The smallest absolute Gasteiger partial charge is 0.312 e. The second-order valence-corrected chi connectivity index (χ2v) is 6.81. The number of rotatable bonds is 3. The minimum atomic E-state index is -0.399. The number of hydrogen-bond donors (Lipinski definition) is 0. The van der Waals surface area contributed by atoms with Gasteiger partial charge in [-0.1, -0.05) is 15.9 Å². The molecule has 0 spiro atoms. The van der Waals surface area contributed by atoms with Crippen molar-refractivity contribution in [1.29, 1.82) is 0 Å². The fraction of sp³-hybridized carbons (Fsp3) is 0.571. The molecule has 1 fully saturated rings. The van der Waals surface area contributed by atoms with E-state index in [1.165, 1.54) is 0 Å². The molecule has 2 rings (SSSR count). The van der Waals surface area contributed by atoms with Crippen LogP contribution < -0.4 is 0 Å². The lowest BCUT2D eigenvalue weighted by Crippen LogP contribution is -2.51. The summed E-state index contributed by atoms with van der Waals surface area (Å²) in [5, 5.41) is 0. The number of pyridine rings is 1. The normalized spacial score (nSPS) is 17.1. The van der Waals surface area contributed by atoms with Crippen molar-refractivity contribution in [1.82, 2.24) is 9.88 Å². The van der Waals surface area contributed by atoms with E-state index in [0.29, 0.717) is 0 Å². The van der Waals surface area contributed by atoms with Crippen LogP contribution in [-0.4, -0.2) is 34.5 Å². The number of carbonyl (C=O) groups excluding carboxylic acids is 1. The van der Waals surface area contributed by atoms with Crippen LogP contribution in [0.4, 0.5) is 0 Å². The summed E-state index contributed by atoms with van der Waals surface area (Å²) in [6.07, 6.45) is 1.78. The van der Waals surface area contributed by atoms with E-state index in [9.17, 15) is 4.79 Å². The first-order valence-electron chi connectivity index (χ1n) is 6.39. The molecule has 5 heteroatoms. The zero-order valence-electron chi connectivity index (χ0n) is 11.5. The first-order valence-corrected chi connectivity index (χ1v) is 7.18. The van der Waals surface area contributed by atoms with Gasteiger partial charge in [0.1, 0.15) is 5.60 Å². The largest absolute Gasteiger partial charge is 0.460 e. The third-order valence-electron chi connectivity index (χ3n) is 2.86. The topological polar surface area (TPSA) is 42.4 Å². The summed E-state index contributed by atoms with van der Waals surface area (Å²) in [4.78, 5) is 18.3. The van der Waals surface area contributed by atoms with E-state index in [1.54, 1.807) is 6.20 Å². The molecule has 0 aliphatic carbocycles. The van der Waals surface area contributed by atoms with Crippen LogP contribution in [0.5, 0.6) is 0 Å². The zero-order valence-corrected chi connectivity index (χ0v) is 13.1. The summed E-state index contributed by atoms with van der Waals surface area (Å²) in [5.74, 6) is -0.0858. The van der Waals surface area contributed by atoms with Gasteiger partial charge >= 0.3 is 5.97 Å². The summed E-state index contributed by atoms with van der Waals surface area (Å²) >= 11 is 3.43. The van der Waals surface area contributed by atoms with Crippen LogP contribution in [-0.2, 0) is 16.1 Å². The van der Waals surface area contributed by atoms with E-state index in [0.717, 1.165) is 29.8 Å². The molecule has 0 saturated carbocycles. The Morgan fingerprint density at radius 2 is 2.21 bits per heavy atom. The van der Waals surface area contributed by atoms with Gasteiger partial charge in [0.05, 0.1) is 11.6 Å². The average Bonchev–Trinajstić information content (AvgIpc) is 2.20. The van der Waals surface area contributed by atoms with Crippen LogP contribution in [0, 0.1) is 5.92 Å². The van der Waals surface area contributed by atoms with Gasteiger partial charge in [-0.25, -0.2) is 0 Å². The minimum Gasteiger partial charge on any atom is -0.460 e. The van der Waals surface area contributed by atoms with Crippen molar-refractivity contribution < 1.29 is 9.53 Å². The number of halogens is 1. The monoisotopic (exact) mass is 326 g/mol. The maximum atomic E-state index is 11.8. The van der Waals surface area contributed by atoms with Crippen molar-refractivity contribution >= 4 is 21.9 Å². The van der Waals surface area contributed by atoms with E-state index < -0.39 is 5.60 Å². The maximum Gasteiger partial charge on any atom is 0.312 e. The molecule has 0 N–H and O–H groups in total. The van der Waals surface area contributed by atoms with Gasteiger partial charge in [0, 0.05) is 30.3 Å². The fourth-order valence-corrected chi connectivity index (χ4v) is 2.38. The number of ether oxygens (including phenoxy) is 1. The predicted octanol–water partition coefficient (Wildman–Crippen LogP) is 2.62. The fourth-order valence-electron chi connectivity index (χ4n) is 2.00. The quantitative estimate of drug-likeness (QED) is 0.801. The first-order chi connectivity index (χ1) is 8.83. The Morgan fingerprint density at radius 1 is 1.53 bits per heavy atom. The molecule has 0 aromatic carbocycles. The molecule has 0 amide bonds. The van der Waals surface area contributed by atoms with E-state index in [-0.39, 0.29) is 11.9 Å². The highest BCUT2D eigenvalue weighted by Crippen LogP contribution is 2.22. The van der Waals surface area contributed by atoms with Crippen molar-refractivity contribution in [2.45, 2.75) is 32.9 Å². The second kappa shape index (κ2) is 5.59. The zero-order chi connectivity index (χ0) is 14.0. The van der Waals surface area contributed by atoms with Crippen LogP contribution >= 0.6 is 15.9 Å². The molecule has 1 aliphatic heterocycles. The standard InChI is InChI=1S/C14H19BrN2O2/c1-14(2,3)19-13(18)10-7-17(8-10)9-12-6-11(15)4-5-16-12/h4-6,10H,7-9H2,1-3H3. The first kappa shape index (κ1) is 14.5. The number of nitrogens with zero attached hydrogens (tertiary/aromatic N) is 2. The molecule has 1 aliphatic rings. The Labute approximate surface area is 122 Å². The molecule has 2 heterocycles. The van der Waals surface area contributed by atoms with Crippen molar-refractivity contribution in [3.05, 3.63) is 28.5 Å². The number of hydrogen-bond acceptors (Lipinski definition) is 4. The van der Waals surface area contributed by atoms with Crippen molar-refractivity contribution in [3.8, 4) is 0 Å². The lowest BCUT2D eigenvalue weighted by molar-refractivity contribution is -0.166. The van der Waals surface area contributed by atoms with Crippen LogP contribution in [0.25, 0.3) is 0 Å². The Morgan fingerprint density at radius 3 is 2.79 bits per heavy atom. The number of esters is 1. The van der Waals surface area contributed by atoms with E-state index >= 15 is 0 Å². The average molecular weight is 327 g/mol. The molecule has 1 aromatic rings. The SMILES string of the molecule is CC(C)(C)OC(=O)C1CN(Cc2cc(Br)ccn2)C1. The molecular formula is C14H19BrN2O2. The molecule has 19 heavy (non-hydrogen) atoms. The van der Waals surface area contributed by atoms with Gasteiger partial charge < -0.3 is 4.74 Å². The molecule has 1 saturated heterocycles. The lowest BCUT2D eigenvalue weighted by Gasteiger charge is -2.38. The highest BCUT2D eigenvalue weighted by atomic mass is 79.9. The molecule has 1 aromatic heterocycles. The second-order valence-electron chi connectivity index (χ2n) is 5.89. The molecule has 0 unspecified atom stereocenters. The molecule has 4 nitrogen and oxygen atoms in total. The molecule has 0 atom stereocenters. The number of likely N-dealkylation sites (tertiary alicyclic amines) is 1. The molecule has 0 bridgehead atoms. The molecular weight excluding hydrogens is 308 g/mol. The van der Waals surface area contributed by atoms with Crippen LogP contribution in [0.3, 0.4) is 0 Å². The summed E-state index contributed by atoms with van der Waals surface area (Å²) in [6.45, 7) is 7.97. The number of carbonyl (C=O) groups is 1. The van der Waals surface area contributed by atoms with Crippen LogP contribution in [0.1, 0.15) is 26.5 Å². The van der Waals surface area contributed by atoms with Gasteiger partial charge in [0.2, 0.25) is 0 Å². The van der Waals surface area contributed by atoms with Gasteiger partial charge in [-0.3, -0.25) is 14.7 Å². The Balaban J connectivity index is 1.79. The van der Waals surface area contributed by atoms with Gasteiger partial charge in [-0.05, 0) is 32.9 Å². The summed E-state index contributed by atoms with van der Waals surface area (Å²) in [5.41, 5.74) is 0.612. The highest BCUT2D eigenvalue weighted by Gasteiger charge is 2.35. The van der Waals surface area contributed by atoms with Crippen molar-refractivity contribution in [3.63, 3.8) is 0 Å². The third-order valence-corrected chi connectivity index (χ3v) is 3.35. The van der Waals surface area contributed by atoms with Gasteiger partial charge in [0.15, 0.2) is 0 Å². The van der Waals surface area contributed by atoms with E-state index in [4.69, 9.17) is 4.74 Å². The van der Waals surface area contributed by atoms with E-state index in [1.807, 2.05) is 32.9 Å². The lowest BCUT2D eigenvalue weighted by atomic mass is 9.99. The Bertz CT molecular complexity index is 465. The predicted molar refractivity (Wildman–Crippen MR) is 76.5 cm³/mol. The van der Waals surface area contributed by atoms with Gasteiger partial charge in [-0.2, -0.15) is 0 Å². The molecule has 0 radical (unpaired) electrons. The minimum absolute atomic E-state index is 0.00591. The highest BCUT2D eigenvalue weighted by molar-refractivity contribution is 9.10. The summed E-state index contributed by atoms with van der Waals surface area (Å²) in [6, 6.07) is 3.91. The Kier molecular flexibility index (Phi) is 4.26. The van der Waals surface area contributed by atoms with Crippen molar-refractivity contribution in [2.75, 3.05) is 13.1 Å². The number of aromatic nitrogens is 1.